The fraction of sp³-hybridized carbons (Fsp3) is 0.400. The summed E-state index contributed by atoms with van der Waals surface area (Å²) in [5.41, 5.74) is 2.08. The van der Waals surface area contributed by atoms with E-state index >= 15 is 0 Å². The molecule has 2 aromatic heterocycles. The highest BCUT2D eigenvalue weighted by Crippen LogP contribution is 2.29. The quantitative estimate of drug-likeness (QED) is 0.807. The third-order valence-electron chi connectivity index (χ3n) is 2.23. The summed E-state index contributed by atoms with van der Waals surface area (Å²) >= 11 is 7.81. The van der Waals surface area contributed by atoms with E-state index in [0.717, 1.165) is 16.4 Å². The van der Waals surface area contributed by atoms with Crippen molar-refractivity contribution in [3.05, 3.63) is 28.0 Å². The van der Waals surface area contributed by atoms with E-state index in [4.69, 9.17) is 11.6 Å². The van der Waals surface area contributed by atoms with Gasteiger partial charge in [0, 0.05) is 17.1 Å². The van der Waals surface area contributed by atoms with Gasteiger partial charge in [-0.05, 0) is 12.8 Å². The van der Waals surface area contributed by atoms with Crippen molar-refractivity contribution in [3.63, 3.8) is 0 Å². The molecule has 0 saturated carbocycles. The third kappa shape index (κ3) is 1.79. The summed E-state index contributed by atoms with van der Waals surface area (Å²) in [6, 6.07) is 0. The molecule has 2 aromatic rings. The number of aryl methyl sites for hydroxylation is 1. The second-order valence-corrected chi connectivity index (χ2v) is 4.90. The molecular weight excluding hydrogens is 230 g/mol. The zero-order chi connectivity index (χ0) is 11.0. The summed E-state index contributed by atoms with van der Waals surface area (Å²) in [7, 11) is 0. The van der Waals surface area contributed by atoms with Crippen molar-refractivity contribution < 1.29 is 0 Å². The van der Waals surface area contributed by atoms with Crippen molar-refractivity contribution in [3.8, 4) is 5.13 Å². The van der Waals surface area contributed by atoms with Crippen LogP contribution in [0.5, 0.6) is 0 Å². The minimum atomic E-state index is 0.381. The highest BCUT2D eigenvalue weighted by atomic mass is 35.5. The predicted molar refractivity (Wildman–Crippen MR) is 63.1 cm³/mol. The molecule has 0 fully saturated rings. The number of halogens is 1. The lowest BCUT2D eigenvalue weighted by Gasteiger charge is -2.03. The van der Waals surface area contributed by atoms with Crippen LogP contribution in [0.4, 0.5) is 0 Å². The summed E-state index contributed by atoms with van der Waals surface area (Å²) in [6.07, 6.45) is 1.75. The summed E-state index contributed by atoms with van der Waals surface area (Å²) in [4.78, 5) is 4.20. The van der Waals surface area contributed by atoms with Crippen molar-refractivity contribution >= 4 is 22.9 Å². The van der Waals surface area contributed by atoms with Gasteiger partial charge in [-0.15, -0.1) is 11.3 Å². The van der Waals surface area contributed by atoms with Crippen LogP contribution in [-0.4, -0.2) is 14.8 Å². The standard InChI is InChI=1S/C10H12ClN3S/c1-6(2)8-7(3)13-14(9(8)11)10-12-4-5-15-10/h4-6H,1-3H3. The lowest BCUT2D eigenvalue weighted by atomic mass is 10.1. The van der Waals surface area contributed by atoms with Crippen LogP contribution in [-0.2, 0) is 0 Å². The highest BCUT2D eigenvalue weighted by molar-refractivity contribution is 7.12. The molecule has 0 N–H and O–H groups in total. The molecule has 0 aliphatic rings. The molecule has 0 spiro atoms. The minimum Gasteiger partial charge on any atom is -0.227 e. The number of hydrogen-bond donors (Lipinski definition) is 0. The molecular formula is C10H12ClN3S. The van der Waals surface area contributed by atoms with Gasteiger partial charge in [0.05, 0.1) is 5.69 Å². The number of aromatic nitrogens is 3. The summed E-state index contributed by atoms with van der Waals surface area (Å²) in [5.74, 6) is 0.381. The maximum Gasteiger partial charge on any atom is 0.211 e. The molecule has 0 unspecified atom stereocenters. The molecule has 0 amide bonds. The van der Waals surface area contributed by atoms with Crippen molar-refractivity contribution in [1.29, 1.82) is 0 Å². The Hall–Kier alpha value is -0.870. The molecule has 0 radical (unpaired) electrons. The van der Waals surface area contributed by atoms with Crippen LogP contribution in [0.25, 0.3) is 5.13 Å². The number of hydrogen-bond acceptors (Lipinski definition) is 3. The van der Waals surface area contributed by atoms with Crippen LogP contribution >= 0.6 is 22.9 Å². The lowest BCUT2D eigenvalue weighted by Crippen LogP contribution is -1.95. The molecule has 15 heavy (non-hydrogen) atoms. The topological polar surface area (TPSA) is 30.7 Å². The van der Waals surface area contributed by atoms with Crippen LogP contribution < -0.4 is 0 Å². The van der Waals surface area contributed by atoms with Gasteiger partial charge in [-0.3, -0.25) is 0 Å². The van der Waals surface area contributed by atoms with Gasteiger partial charge in [0.1, 0.15) is 5.15 Å². The minimum absolute atomic E-state index is 0.381. The normalized spacial score (nSPS) is 11.3. The Labute approximate surface area is 97.7 Å². The van der Waals surface area contributed by atoms with Crippen LogP contribution in [0.3, 0.4) is 0 Å². The number of rotatable bonds is 2. The molecule has 0 saturated heterocycles. The highest BCUT2D eigenvalue weighted by Gasteiger charge is 2.17. The first-order valence-corrected chi connectivity index (χ1v) is 6.02. The van der Waals surface area contributed by atoms with Gasteiger partial charge >= 0.3 is 0 Å². The van der Waals surface area contributed by atoms with E-state index in [1.54, 1.807) is 10.9 Å². The van der Waals surface area contributed by atoms with E-state index in [1.807, 2.05) is 12.3 Å². The SMILES string of the molecule is Cc1nn(-c2nccs2)c(Cl)c1C(C)C. The molecule has 5 heteroatoms. The van der Waals surface area contributed by atoms with Gasteiger partial charge in [-0.25, -0.2) is 4.98 Å². The van der Waals surface area contributed by atoms with Crippen LogP contribution in [0.15, 0.2) is 11.6 Å². The summed E-state index contributed by atoms with van der Waals surface area (Å²) in [6.45, 7) is 6.20. The Bertz CT molecular complexity index is 459. The Morgan fingerprint density at radius 2 is 2.20 bits per heavy atom. The van der Waals surface area contributed by atoms with E-state index in [-0.39, 0.29) is 0 Å². The van der Waals surface area contributed by atoms with Gasteiger partial charge in [-0.1, -0.05) is 25.4 Å². The molecule has 0 bridgehead atoms. The molecule has 2 heterocycles. The van der Waals surface area contributed by atoms with Crippen LogP contribution in [0.1, 0.15) is 31.0 Å². The van der Waals surface area contributed by atoms with E-state index in [1.165, 1.54) is 11.3 Å². The smallest absolute Gasteiger partial charge is 0.211 e. The van der Waals surface area contributed by atoms with Gasteiger partial charge in [0.2, 0.25) is 5.13 Å². The van der Waals surface area contributed by atoms with E-state index in [9.17, 15) is 0 Å². The van der Waals surface area contributed by atoms with Gasteiger partial charge in [-0.2, -0.15) is 9.78 Å². The average molecular weight is 242 g/mol. The Morgan fingerprint density at radius 1 is 1.47 bits per heavy atom. The second kappa shape index (κ2) is 3.94. The Morgan fingerprint density at radius 3 is 2.67 bits per heavy atom. The summed E-state index contributed by atoms with van der Waals surface area (Å²) in [5, 5.41) is 7.81. The van der Waals surface area contributed by atoms with Gasteiger partial charge in [0.15, 0.2) is 0 Å². The molecule has 3 nitrogen and oxygen atoms in total. The third-order valence-corrected chi connectivity index (χ3v) is 3.34. The maximum absolute atomic E-state index is 6.28. The van der Waals surface area contributed by atoms with E-state index in [2.05, 4.69) is 23.9 Å². The first-order valence-electron chi connectivity index (χ1n) is 4.76. The first kappa shape index (κ1) is 10.6. The van der Waals surface area contributed by atoms with E-state index < -0.39 is 0 Å². The van der Waals surface area contributed by atoms with E-state index in [0.29, 0.717) is 11.1 Å². The average Bonchev–Trinajstić information content (AvgIpc) is 2.72. The predicted octanol–water partition coefficient (Wildman–Crippen LogP) is 3.41. The number of nitrogens with zero attached hydrogens (tertiary/aromatic N) is 3. The maximum atomic E-state index is 6.28. The second-order valence-electron chi connectivity index (χ2n) is 3.67. The van der Waals surface area contributed by atoms with Gasteiger partial charge < -0.3 is 0 Å². The van der Waals surface area contributed by atoms with Crippen LogP contribution in [0.2, 0.25) is 5.15 Å². The van der Waals surface area contributed by atoms with Crippen molar-refractivity contribution in [2.45, 2.75) is 26.7 Å². The summed E-state index contributed by atoms with van der Waals surface area (Å²) < 4.78 is 1.71. The molecule has 80 valence electrons. The molecule has 0 aliphatic carbocycles. The Balaban J connectivity index is 2.56. The zero-order valence-electron chi connectivity index (χ0n) is 8.86. The molecule has 0 aliphatic heterocycles. The van der Waals surface area contributed by atoms with Crippen molar-refractivity contribution in [2.24, 2.45) is 0 Å². The largest absolute Gasteiger partial charge is 0.227 e. The lowest BCUT2D eigenvalue weighted by molar-refractivity contribution is 0.853. The van der Waals surface area contributed by atoms with Crippen LogP contribution in [0, 0.1) is 6.92 Å². The van der Waals surface area contributed by atoms with Crippen molar-refractivity contribution in [2.75, 3.05) is 0 Å². The fourth-order valence-electron chi connectivity index (χ4n) is 1.61. The Kier molecular flexibility index (Phi) is 2.80. The zero-order valence-corrected chi connectivity index (χ0v) is 10.4. The van der Waals surface area contributed by atoms with Gasteiger partial charge in [0.25, 0.3) is 0 Å². The number of thiazole rings is 1. The molecule has 0 atom stereocenters. The molecule has 0 aromatic carbocycles. The molecule has 2 rings (SSSR count). The monoisotopic (exact) mass is 241 g/mol. The fourth-order valence-corrected chi connectivity index (χ4v) is 2.73. The van der Waals surface area contributed by atoms with Crippen molar-refractivity contribution in [1.82, 2.24) is 14.8 Å². The first-order chi connectivity index (χ1) is 7.11.